The van der Waals surface area contributed by atoms with Crippen molar-refractivity contribution in [2.45, 2.75) is 16.2 Å². The van der Waals surface area contributed by atoms with E-state index in [4.69, 9.17) is 0 Å². The number of fused-ring (bicyclic) bond motifs is 11. The van der Waals surface area contributed by atoms with Crippen LogP contribution in [0.4, 0.5) is 0 Å². The fourth-order valence-electron chi connectivity index (χ4n) is 15.4. The number of benzene rings is 13. The zero-order valence-corrected chi connectivity index (χ0v) is 46.7. The molecular formula is C82H52OS. The van der Waals surface area contributed by atoms with Gasteiger partial charge in [-0.25, -0.2) is 0 Å². The second-order valence-corrected chi connectivity index (χ2v) is 23.9. The molecule has 1 heterocycles. The fraction of sp³-hybridized carbons (Fsp3) is 0.0366. The molecule has 84 heavy (non-hydrogen) atoms. The van der Waals surface area contributed by atoms with Crippen molar-refractivity contribution in [3.05, 3.63) is 392 Å². The van der Waals surface area contributed by atoms with Crippen LogP contribution in [0, 0.1) is 0 Å². The summed E-state index contributed by atoms with van der Waals surface area (Å²) in [7, 11) is 0. The molecule has 13 aromatic carbocycles. The fourth-order valence-corrected chi connectivity index (χ4v) is 16.5. The summed E-state index contributed by atoms with van der Waals surface area (Å²) >= 11 is 1.70. The van der Waals surface area contributed by atoms with Crippen LogP contribution in [0.2, 0.25) is 0 Å². The molecule has 0 aliphatic heterocycles. The first kappa shape index (κ1) is 48.5. The normalized spacial score (nSPS) is 14.3. The van der Waals surface area contributed by atoms with Gasteiger partial charge >= 0.3 is 0 Å². The number of hydrogen-bond acceptors (Lipinski definition) is 2. The van der Waals surface area contributed by atoms with Gasteiger partial charge in [0.05, 0.1) is 16.2 Å². The molecule has 3 aliphatic rings. The number of hydrogen-bond donors (Lipinski definition) is 0. The van der Waals surface area contributed by atoms with Gasteiger partial charge < -0.3 is 0 Å². The smallest absolute Gasteiger partial charge is 0.195 e. The van der Waals surface area contributed by atoms with Gasteiger partial charge in [0.15, 0.2) is 5.43 Å². The summed E-state index contributed by atoms with van der Waals surface area (Å²) in [6, 6.07) is 117. The number of rotatable bonds is 8. The first-order valence-corrected chi connectivity index (χ1v) is 29.9. The standard InChI is InChI=1S/C82H52OS/c83-79-68-32-16-20-36-77(68)84-78-52-76-69(51-70(78)79)65-31-15-19-35-73(65)82(76,61-43-37-53(38-44-61)55-41-47-66-63-29-13-17-33-71(63)80(74(66)49-55,57-21-5-1-6-22-57)58-23-7-2-8-24-58)62-45-39-54(40-46-62)56-42-48-67-64-30-14-18-34-72(64)81(75(67)50-56,59-25-9-3-10-26-59)60-27-11-4-12-28-60/h1-52H. The summed E-state index contributed by atoms with van der Waals surface area (Å²) in [6.45, 7) is 0. The monoisotopic (exact) mass is 1080 g/mol. The Morgan fingerprint density at radius 2 is 0.536 bits per heavy atom. The minimum absolute atomic E-state index is 0.0767. The van der Waals surface area contributed by atoms with Crippen molar-refractivity contribution < 1.29 is 0 Å². The van der Waals surface area contributed by atoms with Crippen molar-refractivity contribution >= 4 is 31.5 Å². The van der Waals surface area contributed by atoms with Gasteiger partial charge in [-0.05, 0) is 159 Å². The van der Waals surface area contributed by atoms with E-state index in [1.807, 2.05) is 18.2 Å². The van der Waals surface area contributed by atoms with E-state index in [0.717, 1.165) is 42.4 Å². The van der Waals surface area contributed by atoms with Crippen LogP contribution in [-0.2, 0) is 16.2 Å². The van der Waals surface area contributed by atoms with E-state index in [0.29, 0.717) is 0 Å². The lowest BCUT2D eigenvalue weighted by atomic mass is 9.67. The molecule has 0 amide bonds. The van der Waals surface area contributed by atoms with E-state index >= 15 is 0 Å². The molecule has 3 aliphatic carbocycles. The maximum absolute atomic E-state index is 14.5. The van der Waals surface area contributed by atoms with Crippen LogP contribution in [-0.4, -0.2) is 0 Å². The molecule has 1 aromatic heterocycles. The average Bonchev–Trinajstić information content (AvgIpc) is 3.55. The second kappa shape index (κ2) is 18.6. The Hall–Kier alpha value is -10.3. The Bertz CT molecular complexity index is 4700. The Balaban J connectivity index is 0.852. The molecule has 392 valence electrons. The first-order chi connectivity index (χ1) is 41.6. The molecule has 0 unspecified atom stereocenters. The summed E-state index contributed by atoms with van der Waals surface area (Å²) in [5.74, 6) is 0. The average molecular weight is 1090 g/mol. The van der Waals surface area contributed by atoms with Crippen LogP contribution in [0.3, 0.4) is 0 Å². The largest absolute Gasteiger partial charge is 0.289 e. The molecule has 0 N–H and O–H groups in total. The minimum atomic E-state index is -0.733. The van der Waals surface area contributed by atoms with Crippen LogP contribution < -0.4 is 5.43 Å². The maximum Gasteiger partial charge on any atom is 0.195 e. The van der Waals surface area contributed by atoms with E-state index < -0.39 is 16.2 Å². The van der Waals surface area contributed by atoms with E-state index in [2.05, 4.69) is 297 Å². The highest BCUT2D eigenvalue weighted by atomic mass is 32.1. The van der Waals surface area contributed by atoms with Gasteiger partial charge in [-0.1, -0.05) is 279 Å². The molecule has 0 spiro atoms. The van der Waals surface area contributed by atoms with Crippen molar-refractivity contribution in [3.8, 4) is 55.6 Å². The van der Waals surface area contributed by atoms with Gasteiger partial charge in [-0.15, -0.1) is 11.3 Å². The third-order valence-electron chi connectivity index (χ3n) is 19.0. The molecule has 0 radical (unpaired) electrons. The summed E-state index contributed by atoms with van der Waals surface area (Å²) < 4.78 is 1.98. The summed E-state index contributed by atoms with van der Waals surface area (Å²) in [5, 5.41) is 1.52. The molecule has 2 heteroatoms. The molecule has 0 bridgehead atoms. The van der Waals surface area contributed by atoms with Crippen LogP contribution in [0.15, 0.2) is 320 Å². The van der Waals surface area contributed by atoms with Gasteiger partial charge in [0.1, 0.15) is 0 Å². The SMILES string of the molecule is O=c1c2ccccc2sc2cc3c(cc12)-c1ccccc1C3(c1ccc(-c2ccc3c(c2)C(c2ccccc2)(c2ccccc2)c2ccccc2-3)cc1)c1ccc(-c2ccc3c(c2)C(c2ccccc2)(c2ccccc2)c2ccccc2-3)cc1. The Morgan fingerprint density at radius 3 is 0.964 bits per heavy atom. The second-order valence-electron chi connectivity index (χ2n) is 22.8. The maximum atomic E-state index is 14.5. The summed E-state index contributed by atoms with van der Waals surface area (Å²) in [6.07, 6.45) is 0. The molecule has 0 saturated heterocycles. The predicted octanol–water partition coefficient (Wildman–Crippen LogP) is 19.8. The van der Waals surface area contributed by atoms with E-state index in [1.54, 1.807) is 11.3 Å². The van der Waals surface area contributed by atoms with Crippen molar-refractivity contribution in [2.75, 3.05) is 0 Å². The van der Waals surface area contributed by atoms with Crippen molar-refractivity contribution in [2.24, 2.45) is 0 Å². The van der Waals surface area contributed by atoms with Crippen molar-refractivity contribution in [1.29, 1.82) is 0 Å². The molecule has 1 nitrogen and oxygen atoms in total. The highest BCUT2D eigenvalue weighted by Gasteiger charge is 2.49. The summed E-state index contributed by atoms with van der Waals surface area (Å²) in [4.78, 5) is 14.5. The van der Waals surface area contributed by atoms with E-state index in [-0.39, 0.29) is 5.43 Å². The van der Waals surface area contributed by atoms with Crippen molar-refractivity contribution in [1.82, 2.24) is 0 Å². The van der Waals surface area contributed by atoms with Gasteiger partial charge in [-0.2, -0.15) is 0 Å². The summed E-state index contributed by atoms with van der Waals surface area (Å²) in [5.41, 5.74) is 25.2. The minimum Gasteiger partial charge on any atom is -0.289 e. The van der Waals surface area contributed by atoms with Crippen LogP contribution in [0.5, 0.6) is 0 Å². The zero-order chi connectivity index (χ0) is 55.6. The lowest BCUT2D eigenvalue weighted by Gasteiger charge is -2.35. The van der Waals surface area contributed by atoms with Gasteiger partial charge in [0.25, 0.3) is 0 Å². The van der Waals surface area contributed by atoms with Gasteiger partial charge in [0.2, 0.25) is 0 Å². The predicted molar refractivity (Wildman–Crippen MR) is 348 cm³/mol. The molecule has 14 aromatic rings. The molecule has 0 fully saturated rings. The topological polar surface area (TPSA) is 17.1 Å². The highest BCUT2D eigenvalue weighted by Crippen LogP contribution is 2.61. The molecule has 0 atom stereocenters. The van der Waals surface area contributed by atoms with Gasteiger partial charge in [-0.3, -0.25) is 4.79 Å². The molecule has 0 saturated carbocycles. The lowest BCUT2D eigenvalue weighted by molar-refractivity contribution is 0.768. The van der Waals surface area contributed by atoms with E-state index in [1.165, 1.54) is 100 Å². The van der Waals surface area contributed by atoms with E-state index in [9.17, 15) is 4.79 Å². The Kier molecular flexibility index (Phi) is 10.8. The van der Waals surface area contributed by atoms with Crippen LogP contribution >= 0.6 is 11.3 Å². The zero-order valence-electron chi connectivity index (χ0n) is 45.8. The highest BCUT2D eigenvalue weighted by molar-refractivity contribution is 7.24. The van der Waals surface area contributed by atoms with Crippen LogP contribution in [0.25, 0.3) is 75.8 Å². The third-order valence-corrected chi connectivity index (χ3v) is 20.1. The molecular weight excluding hydrogens is 1030 g/mol. The van der Waals surface area contributed by atoms with Crippen LogP contribution in [0.1, 0.15) is 66.8 Å². The Labute approximate surface area is 492 Å². The first-order valence-electron chi connectivity index (χ1n) is 29.1. The molecule has 17 rings (SSSR count). The lowest BCUT2D eigenvalue weighted by Crippen LogP contribution is -2.28. The van der Waals surface area contributed by atoms with Gasteiger partial charge in [0, 0.05) is 20.2 Å². The quantitative estimate of drug-likeness (QED) is 0.139. The third kappa shape index (κ3) is 6.69. The Morgan fingerprint density at radius 1 is 0.214 bits per heavy atom. The van der Waals surface area contributed by atoms with Crippen molar-refractivity contribution in [3.63, 3.8) is 0 Å².